The van der Waals surface area contributed by atoms with E-state index in [1.807, 2.05) is 6.92 Å². The van der Waals surface area contributed by atoms with Gasteiger partial charge in [0.1, 0.15) is 0 Å². The van der Waals surface area contributed by atoms with E-state index in [1.54, 1.807) is 24.3 Å². The normalized spacial score (nSPS) is 12.6. The molecule has 3 aromatic rings. The minimum absolute atomic E-state index is 0.270. The maximum absolute atomic E-state index is 16.3. The summed E-state index contributed by atoms with van der Waals surface area (Å²) in [6.07, 6.45) is -0.818. The molecule has 4 nitrogen and oxygen atoms in total. The number of hydrogen-bond donors (Lipinski definition) is 0. The second kappa shape index (κ2) is 7.48. The van der Waals surface area contributed by atoms with Gasteiger partial charge in [-0.1, -0.05) is 66.2 Å². The predicted molar refractivity (Wildman–Crippen MR) is 106 cm³/mol. The molecule has 0 aliphatic carbocycles. The van der Waals surface area contributed by atoms with Crippen molar-refractivity contribution in [1.29, 1.82) is 0 Å². The summed E-state index contributed by atoms with van der Waals surface area (Å²) in [7, 11) is -9.74. The number of aryl methyl sites for hydroxylation is 1. The molecule has 0 aliphatic heterocycles. The van der Waals surface area contributed by atoms with Gasteiger partial charge >= 0.3 is 4.33 Å². The van der Waals surface area contributed by atoms with Gasteiger partial charge in [-0.3, -0.25) is 0 Å². The Bertz CT molecular complexity index is 1090. The number of rotatable bonds is 6. The van der Waals surface area contributed by atoms with Gasteiger partial charge in [-0.15, -0.1) is 0 Å². The van der Waals surface area contributed by atoms with Crippen LogP contribution in [0, 0.1) is 6.92 Å². The van der Waals surface area contributed by atoms with E-state index in [4.69, 9.17) is 0 Å². The third kappa shape index (κ3) is 3.47. The first-order valence-corrected chi connectivity index (χ1v) is 11.5. The van der Waals surface area contributed by atoms with Crippen molar-refractivity contribution in [2.75, 3.05) is 0 Å². The molecule has 0 N–H and O–H groups in total. The number of halogens is 1. The fourth-order valence-electron chi connectivity index (χ4n) is 2.84. The Balaban J connectivity index is 2.23. The minimum atomic E-state index is -4.87. The van der Waals surface area contributed by atoms with E-state index in [0.29, 0.717) is 0 Å². The van der Waals surface area contributed by atoms with Gasteiger partial charge in [0.15, 0.2) is 0 Å². The van der Waals surface area contributed by atoms with Crippen LogP contribution in [0.3, 0.4) is 0 Å². The molecule has 0 heterocycles. The van der Waals surface area contributed by atoms with E-state index < -0.39 is 30.4 Å². The van der Waals surface area contributed by atoms with E-state index >= 15 is 4.39 Å². The lowest BCUT2D eigenvalue weighted by Gasteiger charge is -2.26. The molecule has 0 bridgehead atoms. The van der Waals surface area contributed by atoms with Crippen molar-refractivity contribution in [2.45, 2.75) is 27.5 Å². The quantitative estimate of drug-likeness (QED) is 0.604. The SMILES string of the molecule is Cc1ccc(CC(F)(S(=O)(=O)c2ccccc2)S(=O)(=O)c2ccccc2)cc1. The van der Waals surface area contributed by atoms with Crippen molar-refractivity contribution < 1.29 is 21.2 Å². The first-order valence-electron chi connectivity index (χ1n) is 8.52. The number of hydrogen-bond acceptors (Lipinski definition) is 4. The summed E-state index contributed by atoms with van der Waals surface area (Å²) in [5, 5.41) is 0. The van der Waals surface area contributed by atoms with Crippen LogP contribution in [0.4, 0.5) is 4.39 Å². The van der Waals surface area contributed by atoms with E-state index in [2.05, 4.69) is 0 Å². The fourth-order valence-corrected chi connectivity index (χ4v) is 7.02. The standard InChI is InChI=1S/C21H19FO4S2/c1-17-12-14-18(15-13-17)16-21(22,27(23,24)19-8-4-2-5-9-19)28(25,26)20-10-6-3-7-11-20/h2-15H,16H2,1H3. The highest BCUT2D eigenvalue weighted by molar-refractivity contribution is 8.10. The molecule has 0 fully saturated rings. The lowest BCUT2D eigenvalue weighted by atomic mass is 10.1. The van der Waals surface area contributed by atoms with Crippen LogP contribution in [-0.2, 0) is 26.1 Å². The first kappa shape index (κ1) is 20.2. The third-order valence-electron chi connectivity index (χ3n) is 4.45. The molecule has 0 spiro atoms. The number of alkyl halides is 1. The van der Waals surface area contributed by atoms with Crippen LogP contribution < -0.4 is 0 Å². The lowest BCUT2D eigenvalue weighted by Crippen LogP contribution is -2.44. The van der Waals surface area contributed by atoms with Crippen LogP contribution in [-0.4, -0.2) is 21.2 Å². The van der Waals surface area contributed by atoms with Crippen molar-refractivity contribution in [3.05, 3.63) is 96.1 Å². The Labute approximate surface area is 164 Å². The maximum atomic E-state index is 16.3. The molecule has 7 heteroatoms. The summed E-state index contributed by atoms with van der Waals surface area (Å²) in [6, 6.07) is 20.0. The molecule has 3 aromatic carbocycles. The smallest absolute Gasteiger partial charge is 0.219 e. The van der Waals surface area contributed by atoms with E-state index in [1.165, 1.54) is 60.7 Å². The Kier molecular flexibility index (Phi) is 5.41. The van der Waals surface area contributed by atoms with Gasteiger partial charge in [0, 0.05) is 6.42 Å². The molecule has 0 saturated carbocycles. The highest BCUT2D eigenvalue weighted by Crippen LogP contribution is 2.39. The van der Waals surface area contributed by atoms with Gasteiger partial charge < -0.3 is 0 Å². The Morgan fingerprint density at radius 3 is 1.46 bits per heavy atom. The molecule has 0 saturated heterocycles. The van der Waals surface area contributed by atoms with Gasteiger partial charge in [-0.05, 0) is 36.8 Å². The molecule has 0 amide bonds. The Hall–Kier alpha value is -2.51. The summed E-state index contributed by atoms with van der Waals surface area (Å²) >= 11 is 0. The molecule has 0 atom stereocenters. The Morgan fingerprint density at radius 1 is 0.679 bits per heavy atom. The zero-order valence-corrected chi connectivity index (χ0v) is 16.8. The summed E-state index contributed by atoms with van der Waals surface area (Å²) in [5.41, 5.74) is 1.16. The predicted octanol–water partition coefficient (Wildman–Crippen LogP) is 4.11. The topological polar surface area (TPSA) is 68.3 Å². The van der Waals surface area contributed by atoms with Crippen LogP contribution in [0.5, 0.6) is 0 Å². The van der Waals surface area contributed by atoms with Crippen molar-refractivity contribution in [3.63, 3.8) is 0 Å². The summed E-state index contributed by atoms with van der Waals surface area (Å²) < 4.78 is 65.5. The lowest BCUT2D eigenvalue weighted by molar-refractivity contribution is 0.353. The first-order chi connectivity index (χ1) is 13.2. The Morgan fingerprint density at radius 2 is 1.07 bits per heavy atom. The zero-order valence-electron chi connectivity index (χ0n) is 15.1. The average Bonchev–Trinajstić information content (AvgIpc) is 2.70. The van der Waals surface area contributed by atoms with Crippen LogP contribution >= 0.6 is 0 Å². The summed E-state index contributed by atoms with van der Waals surface area (Å²) in [6.45, 7) is 1.83. The maximum Gasteiger partial charge on any atom is 0.321 e. The molecular weight excluding hydrogens is 399 g/mol. The molecule has 3 rings (SSSR count). The summed E-state index contributed by atoms with van der Waals surface area (Å²) in [5.74, 6) is 0. The second-order valence-corrected chi connectivity index (χ2v) is 11.0. The summed E-state index contributed by atoms with van der Waals surface area (Å²) in [4.78, 5) is -0.770. The van der Waals surface area contributed by atoms with Crippen LogP contribution in [0.2, 0.25) is 0 Å². The molecule has 0 radical (unpaired) electrons. The van der Waals surface area contributed by atoms with Crippen molar-refractivity contribution >= 4 is 19.7 Å². The van der Waals surface area contributed by atoms with Crippen molar-refractivity contribution in [1.82, 2.24) is 0 Å². The molecule has 0 aromatic heterocycles. The largest absolute Gasteiger partial charge is 0.321 e. The average molecular weight is 419 g/mol. The van der Waals surface area contributed by atoms with Crippen LogP contribution in [0.15, 0.2) is 94.7 Å². The van der Waals surface area contributed by atoms with E-state index in [0.717, 1.165) is 5.56 Å². The van der Waals surface area contributed by atoms with Crippen molar-refractivity contribution in [3.8, 4) is 0 Å². The monoisotopic (exact) mass is 418 g/mol. The van der Waals surface area contributed by atoms with Gasteiger partial charge in [0.2, 0.25) is 19.7 Å². The van der Waals surface area contributed by atoms with Crippen molar-refractivity contribution in [2.24, 2.45) is 0 Å². The van der Waals surface area contributed by atoms with Gasteiger partial charge in [-0.25, -0.2) is 21.2 Å². The molecule has 28 heavy (non-hydrogen) atoms. The molecule has 0 aliphatic rings. The zero-order chi connectivity index (χ0) is 20.4. The minimum Gasteiger partial charge on any atom is -0.219 e. The van der Waals surface area contributed by atoms with Gasteiger partial charge in [0.05, 0.1) is 9.79 Å². The van der Waals surface area contributed by atoms with E-state index in [9.17, 15) is 16.8 Å². The van der Waals surface area contributed by atoms with Gasteiger partial charge in [-0.2, -0.15) is 0 Å². The van der Waals surface area contributed by atoms with Crippen LogP contribution in [0.1, 0.15) is 11.1 Å². The highest BCUT2D eigenvalue weighted by atomic mass is 32.3. The van der Waals surface area contributed by atoms with E-state index in [-0.39, 0.29) is 15.4 Å². The fraction of sp³-hybridized carbons (Fsp3) is 0.143. The third-order valence-corrected chi connectivity index (χ3v) is 9.44. The number of benzene rings is 3. The van der Waals surface area contributed by atoms with Crippen LogP contribution in [0.25, 0.3) is 0 Å². The molecule has 146 valence electrons. The molecule has 0 unspecified atom stereocenters. The highest BCUT2D eigenvalue weighted by Gasteiger charge is 2.57. The van der Waals surface area contributed by atoms with Gasteiger partial charge in [0.25, 0.3) is 0 Å². The second-order valence-electron chi connectivity index (χ2n) is 6.46. The number of sulfone groups is 2. The molecular formula is C21H19FO4S2.